The van der Waals surface area contributed by atoms with Gasteiger partial charge in [-0.05, 0) is 50.8 Å². The van der Waals surface area contributed by atoms with Crippen molar-refractivity contribution in [2.45, 2.75) is 51.0 Å². The lowest BCUT2D eigenvalue weighted by molar-refractivity contribution is -0.141. The fourth-order valence-electron chi connectivity index (χ4n) is 3.84. The number of fused-ring (bicyclic) bond motifs is 1. The molecule has 4 nitrogen and oxygen atoms in total. The Bertz CT molecular complexity index is 593. The summed E-state index contributed by atoms with van der Waals surface area (Å²) in [4.78, 5) is 2.56. The van der Waals surface area contributed by atoms with Gasteiger partial charge in [0.05, 0.1) is 12.6 Å². The summed E-state index contributed by atoms with van der Waals surface area (Å²) in [6.45, 7) is 6.17. The number of nitrogens with zero attached hydrogens (tertiary/aromatic N) is 1. The van der Waals surface area contributed by atoms with Gasteiger partial charge in [-0.25, -0.2) is 0 Å². The van der Waals surface area contributed by atoms with Crippen LogP contribution >= 0.6 is 0 Å². The van der Waals surface area contributed by atoms with E-state index >= 15 is 0 Å². The molecule has 0 spiro atoms. The molecule has 0 aliphatic carbocycles. The summed E-state index contributed by atoms with van der Waals surface area (Å²) >= 11 is 0. The first kappa shape index (κ1) is 15.0. The van der Waals surface area contributed by atoms with Crippen molar-refractivity contribution in [1.29, 1.82) is 0 Å². The zero-order valence-electron chi connectivity index (χ0n) is 14.0. The molecular formula is C19H25NO3. The van der Waals surface area contributed by atoms with E-state index in [1.54, 1.807) is 0 Å². The molecule has 1 aromatic carbocycles. The molecule has 124 valence electrons. The van der Waals surface area contributed by atoms with Crippen molar-refractivity contribution in [3.8, 4) is 5.75 Å². The highest BCUT2D eigenvalue weighted by molar-refractivity contribution is 5.32. The lowest BCUT2D eigenvalue weighted by Crippen LogP contribution is -2.25. The molecule has 3 aliphatic heterocycles. The second-order valence-corrected chi connectivity index (χ2v) is 7.06. The first-order chi connectivity index (χ1) is 11.1. The van der Waals surface area contributed by atoms with Gasteiger partial charge in [-0.2, -0.15) is 0 Å². The molecule has 0 amide bonds. The Labute approximate surface area is 138 Å². The predicted molar refractivity (Wildman–Crippen MR) is 88.2 cm³/mol. The summed E-state index contributed by atoms with van der Waals surface area (Å²) in [6.07, 6.45) is 6.05. The normalized spacial score (nSPS) is 28.8. The van der Waals surface area contributed by atoms with Gasteiger partial charge in [0.2, 0.25) is 0 Å². The van der Waals surface area contributed by atoms with Gasteiger partial charge in [0.15, 0.2) is 5.79 Å². The third-order valence-electron chi connectivity index (χ3n) is 4.94. The zero-order valence-corrected chi connectivity index (χ0v) is 14.0. The fraction of sp³-hybridized carbons (Fsp3) is 0.579. The largest absolute Gasteiger partial charge is 0.491 e. The van der Waals surface area contributed by atoms with Crippen LogP contribution in [0.2, 0.25) is 0 Å². The van der Waals surface area contributed by atoms with Crippen LogP contribution in [-0.4, -0.2) is 36.5 Å². The van der Waals surface area contributed by atoms with Crippen LogP contribution < -0.4 is 4.74 Å². The van der Waals surface area contributed by atoms with Gasteiger partial charge in [0, 0.05) is 12.2 Å². The zero-order chi connectivity index (χ0) is 15.9. The molecule has 3 aliphatic rings. The summed E-state index contributed by atoms with van der Waals surface area (Å²) in [6, 6.07) is 9.11. The molecule has 0 N–H and O–H groups in total. The summed E-state index contributed by atoms with van der Waals surface area (Å²) in [7, 11) is 0. The maximum atomic E-state index is 5.86. The highest BCUT2D eigenvalue weighted by Crippen LogP contribution is 2.41. The first-order valence-electron chi connectivity index (χ1n) is 8.61. The summed E-state index contributed by atoms with van der Waals surface area (Å²) in [5.74, 6) is 0.415. The SMILES string of the molecule is CC1(C)OCC(COc2ccc(C3CCC4=CCCN43)cc2)O1. The number of rotatable bonds is 4. The molecule has 2 saturated heterocycles. The monoisotopic (exact) mass is 315 g/mol. The van der Waals surface area contributed by atoms with E-state index in [0.717, 1.165) is 5.75 Å². The number of hydrogen-bond acceptors (Lipinski definition) is 4. The molecule has 2 unspecified atom stereocenters. The second kappa shape index (κ2) is 5.84. The molecule has 0 aromatic heterocycles. The molecule has 1 aromatic rings. The Hall–Kier alpha value is -1.52. The standard InChI is InChI=1S/C19H25NO3/c1-19(2)22-13-17(23-19)12-21-16-8-5-14(6-9-16)18-10-7-15-4-3-11-20(15)18/h4-6,8-9,17-18H,3,7,10-13H2,1-2H3. The number of benzene rings is 1. The minimum absolute atomic E-state index is 0.0109. The van der Waals surface area contributed by atoms with Crippen molar-refractivity contribution in [2.24, 2.45) is 0 Å². The second-order valence-electron chi connectivity index (χ2n) is 7.06. The summed E-state index contributed by atoms with van der Waals surface area (Å²) < 4.78 is 17.2. The highest BCUT2D eigenvalue weighted by atomic mass is 16.7. The van der Waals surface area contributed by atoms with Crippen LogP contribution in [0.25, 0.3) is 0 Å². The quantitative estimate of drug-likeness (QED) is 0.849. The number of allylic oxidation sites excluding steroid dienone is 1. The van der Waals surface area contributed by atoms with E-state index in [4.69, 9.17) is 14.2 Å². The van der Waals surface area contributed by atoms with E-state index in [2.05, 4.69) is 35.2 Å². The van der Waals surface area contributed by atoms with E-state index in [1.807, 2.05) is 13.8 Å². The first-order valence-corrected chi connectivity index (χ1v) is 8.61. The van der Waals surface area contributed by atoms with Crippen LogP contribution in [-0.2, 0) is 9.47 Å². The van der Waals surface area contributed by atoms with Crippen LogP contribution in [0.4, 0.5) is 0 Å². The third kappa shape index (κ3) is 3.10. The van der Waals surface area contributed by atoms with Gasteiger partial charge in [0.1, 0.15) is 18.5 Å². The van der Waals surface area contributed by atoms with Gasteiger partial charge < -0.3 is 19.1 Å². The molecule has 2 atom stereocenters. The van der Waals surface area contributed by atoms with Crippen molar-refractivity contribution < 1.29 is 14.2 Å². The molecule has 4 heteroatoms. The van der Waals surface area contributed by atoms with E-state index in [-0.39, 0.29) is 6.10 Å². The van der Waals surface area contributed by atoms with Crippen molar-refractivity contribution in [2.75, 3.05) is 19.8 Å². The average molecular weight is 315 g/mol. The smallest absolute Gasteiger partial charge is 0.163 e. The highest BCUT2D eigenvalue weighted by Gasteiger charge is 2.33. The minimum Gasteiger partial charge on any atom is -0.491 e. The Morgan fingerprint density at radius 3 is 2.83 bits per heavy atom. The molecule has 0 radical (unpaired) electrons. The number of hydrogen-bond donors (Lipinski definition) is 0. The van der Waals surface area contributed by atoms with Gasteiger partial charge >= 0.3 is 0 Å². The average Bonchev–Trinajstić information content (AvgIpc) is 3.21. The maximum Gasteiger partial charge on any atom is 0.163 e. The van der Waals surface area contributed by atoms with E-state index in [9.17, 15) is 0 Å². The van der Waals surface area contributed by atoms with Crippen molar-refractivity contribution >= 4 is 0 Å². The Balaban J connectivity index is 1.34. The van der Waals surface area contributed by atoms with Crippen molar-refractivity contribution in [3.05, 3.63) is 41.6 Å². The fourth-order valence-corrected chi connectivity index (χ4v) is 3.84. The Morgan fingerprint density at radius 1 is 1.26 bits per heavy atom. The lowest BCUT2D eigenvalue weighted by Gasteiger charge is -2.24. The summed E-state index contributed by atoms with van der Waals surface area (Å²) in [5, 5.41) is 0. The third-order valence-corrected chi connectivity index (χ3v) is 4.94. The summed E-state index contributed by atoms with van der Waals surface area (Å²) in [5.41, 5.74) is 2.93. The van der Waals surface area contributed by atoms with E-state index in [0.29, 0.717) is 19.3 Å². The molecule has 0 saturated carbocycles. The van der Waals surface area contributed by atoms with Crippen LogP contribution in [0.3, 0.4) is 0 Å². The van der Waals surface area contributed by atoms with Crippen molar-refractivity contribution in [1.82, 2.24) is 4.90 Å². The predicted octanol–water partition coefficient (Wildman–Crippen LogP) is 3.64. The molecule has 23 heavy (non-hydrogen) atoms. The van der Waals surface area contributed by atoms with Gasteiger partial charge in [-0.3, -0.25) is 0 Å². The Kier molecular flexibility index (Phi) is 3.82. The van der Waals surface area contributed by atoms with Crippen LogP contribution in [0.1, 0.15) is 44.7 Å². The molecular weight excluding hydrogens is 290 g/mol. The van der Waals surface area contributed by atoms with Crippen LogP contribution in [0, 0.1) is 0 Å². The van der Waals surface area contributed by atoms with E-state index in [1.165, 1.54) is 37.1 Å². The maximum absolute atomic E-state index is 5.86. The van der Waals surface area contributed by atoms with Crippen LogP contribution in [0.15, 0.2) is 36.0 Å². The van der Waals surface area contributed by atoms with Gasteiger partial charge in [0.25, 0.3) is 0 Å². The van der Waals surface area contributed by atoms with Gasteiger partial charge in [-0.15, -0.1) is 0 Å². The van der Waals surface area contributed by atoms with E-state index < -0.39 is 5.79 Å². The van der Waals surface area contributed by atoms with Crippen molar-refractivity contribution in [3.63, 3.8) is 0 Å². The lowest BCUT2D eigenvalue weighted by atomic mass is 10.0. The molecule has 3 heterocycles. The van der Waals surface area contributed by atoms with Crippen LogP contribution in [0.5, 0.6) is 5.75 Å². The molecule has 0 bridgehead atoms. The Morgan fingerprint density at radius 2 is 2.09 bits per heavy atom. The number of ether oxygens (including phenoxy) is 3. The topological polar surface area (TPSA) is 30.9 Å². The molecule has 4 rings (SSSR count). The molecule has 2 fully saturated rings. The van der Waals surface area contributed by atoms with Gasteiger partial charge in [-0.1, -0.05) is 18.2 Å². The minimum atomic E-state index is -0.485.